The van der Waals surface area contributed by atoms with E-state index in [1.54, 1.807) is 41.7 Å². The van der Waals surface area contributed by atoms with Gasteiger partial charge in [-0.2, -0.15) is 0 Å². The van der Waals surface area contributed by atoms with Crippen LogP contribution in [0.3, 0.4) is 0 Å². The maximum absolute atomic E-state index is 12.5. The van der Waals surface area contributed by atoms with E-state index in [9.17, 15) is 4.79 Å². The van der Waals surface area contributed by atoms with Crippen molar-refractivity contribution in [2.24, 2.45) is 5.92 Å². The second-order valence-electron chi connectivity index (χ2n) is 6.63. The zero-order valence-electron chi connectivity index (χ0n) is 14.7. The first-order valence-electron chi connectivity index (χ1n) is 8.88. The minimum atomic E-state index is -0.0181. The zero-order chi connectivity index (χ0) is 18.6. The summed E-state index contributed by atoms with van der Waals surface area (Å²) in [5.74, 6) is 1.21. The Hall–Kier alpha value is -2.61. The molecule has 8 heteroatoms. The highest BCUT2D eigenvalue weighted by Crippen LogP contribution is 2.22. The van der Waals surface area contributed by atoms with E-state index in [-0.39, 0.29) is 5.56 Å². The number of piperidine rings is 1. The molecule has 0 amide bonds. The molecule has 1 saturated heterocycles. The van der Waals surface area contributed by atoms with Crippen LogP contribution in [0.5, 0.6) is 0 Å². The van der Waals surface area contributed by atoms with Gasteiger partial charge in [0.25, 0.3) is 5.56 Å². The van der Waals surface area contributed by atoms with Crippen LogP contribution in [0.2, 0.25) is 0 Å². The van der Waals surface area contributed by atoms with Gasteiger partial charge in [0.2, 0.25) is 5.95 Å². The summed E-state index contributed by atoms with van der Waals surface area (Å²) in [5, 5.41) is 0. The maximum atomic E-state index is 12.5. The Kier molecular flexibility index (Phi) is 5.24. The third kappa shape index (κ3) is 4.21. The van der Waals surface area contributed by atoms with E-state index < -0.39 is 0 Å². The van der Waals surface area contributed by atoms with Gasteiger partial charge in [-0.3, -0.25) is 14.3 Å². The van der Waals surface area contributed by atoms with E-state index in [0.29, 0.717) is 18.2 Å². The molecule has 3 aromatic heterocycles. The summed E-state index contributed by atoms with van der Waals surface area (Å²) < 4.78 is 2.59. The molecule has 1 aliphatic heterocycles. The van der Waals surface area contributed by atoms with Crippen LogP contribution in [0.4, 0.5) is 5.95 Å². The Bertz CT molecular complexity index is 952. The average Bonchev–Trinajstić information content (AvgIpc) is 2.71. The molecule has 3 aromatic rings. The van der Waals surface area contributed by atoms with Gasteiger partial charge in [0.05, 0.1) is 16.5 Å². The van der Waals surface area contributed by atoms with Crippen LogP contribution < -0.4 is 10.5 Å². The van der Waals surface area contributed by atoms with Gasteiger partial charge in [0.1, 0.15) is 0 Å². The summed E-state index contributed by atoms with van der Waals surface area (Å²) in [6.07, 6.45) is 10.6. The highest BCUT2D eigenvalue weighted by molar-refractivity contribution is 9.10. The smallest absolute Gasteiger partial charge is 0.253 e. The number of nitrogens with zero attached hydrogens (tertiary/aromatic N) is 6. The minimum absolute atomic E-state index is 0.0181. The Morgan fingerprint density at radius 3 is 2.44 bits per heavy atom. The van der Waals surface area contributed by atoms with Crippen LogP contribution in [-0.4, -0.2) is 37.6 Å². The molecule has 4 rings (SSSR count). The van der Waals surface area contributed by atoms with Gasteiger partial charge >= 0.3 is 0 Å². The lowest BCUT2D eigenvalue weighted by Gasteiger charge is -2.32. The quantitative estimate of drug-likeness (QED) is 0.638. The van der Waals surface area contributed by atoms with Crippen molar-refractivity contribution >= 4 is 21.9 Å². The van der Waals surface area contributed by atoms with Crippen molar-refractivity contribution in [2.45, 2.75) is 19.4 Å². The standard InChI is InChI=1S/C19H19BrN6O/c20-16-10-22-19(23-11-16)25-7-3-14(4-8-25)12-26-13-24-17(9-18(26)27)15-1-5-21-6-2-15/h1-2,5-6,9-11,13-14H,3-4,7-8,12H2. The Morgan fingerprint density at radius 2 is 1.78 bits per heavy atom. The van der Waals surface area contributed by atoms with Crippen LogP contribution in [-0.2, 0) is 6.54 Å². The molecule has 0 saturated carbocycles. The molecule has 0 bridgehead atoms. The fourth-order valence-corrected chi connectivity index (χ4v) is 3.51. The summed E-state index contributed by atoms with van der Waals surface area (Å²) in [5.41, 5.74) is 1.56. The van der Waals surface area contributed by atoms with Gasteiger partial charge in [0.15, 0.2) is 0 Å². The number of hydrogen-bond acceptors (Lipinski definition) is 6. The average molecular weight is 427 g/mol. The Labute approximate surface area is 165 Å². The summed E-state index contributed by atoms with van der Waals surface area (Å²) >= 11 is 3.36. The summed E-state index contributed by atoms with van der Waals surface area (Å²) in [6.45, 7) is 2.48. The molecule has 0 aromatic carbocycles. The predicted octanol–water partition coefficient (Wildman–Crippen LogP) is 2.77. The van der Waals surface area contributed by atoms with E-state index in [4.69, 9.17) is 0 Å². The van der Waals surface area contributed by atoms with Gasteiger partial charge in [-0.05, 0) is 46.8 Å². The van der Waals surface area contributed by atoms with Crippen molar-refractivity contribution < 1.29 is 0 Å². The number of rotatable bonds is 4. The molecule has 0 unspecified atom stereocenters. The van der Waals surface area contributed by atoms with Crippen molar-refractivity contribution in [2.75, 3.05) is 18.0 Å². The van der Waals surface area contributed by atoms with E-state index in [0.717, 1.165) is 41.9 Å². The monoisotopic (exact) mass is 426 g/mol. The van der Waals surface area contributed by atoms with Crippen molar-refractivity contribution in [1.29, 1.82) is 0 Å². The highest BCUT2D eigenvalue weighted by atomic mass is 79.9. The van der Waals surface area contributed by atoms with E-state index in [1.165, 1.54) is 0 Å². The molecular weight excluding hydrogens is 408 g/mol. The number of anilines is 1. The van der Waals surface area contributed by atoms with Crippen molar-refractivity contribution in [3.8, 4) is 11.3 Å². The largest absolute Gasteiger partial charge is 0.341 e. The second kappa shape index (κ2) is 7.96. The molecule has 0 spiro atoms. The third-order valence-electron chi connectivity index (χ3n) is 4.81. The molecule has 0 atom stereocenters. The lowest BCUT2D eigenvalue weighted by Crippen LogP contribution is -2.37. The number of hydrogen-bond donors (Lipinski definition) is 0. The van der Waals surface area contributed by atoms with E-state index in [2.05, 4.69) is 40.8 Å². The van der Waals surface area contributed by atoms with Crippen molar-refractivity contribution in [3.05, 3.63) is 64.1 Å². The number of halogens is 1. The zero-order valence-corrected chi connectivity index (χ0v) is 16.3. The SMILES string of the molecule is O=c1cc(-c2ccncc2)ncn1CC1CCN(c2ncc(Br)cn2)CC1. The first-order chi connectivity index (χ1) is 13.2. The first-order valence-corrected chi connectivity index (χ1v) is 9.68. The van der Waals surface area contributed by atoms with Crippen LogP contribution >= 0.6 is 15.9 Å². The molecular formula is C19H19BrN6O. The Balaban J connectivity index is 1.39. The molecule has 0 aliphatic carbocycles. The van der Waals surface area contributed by atoms with Crippen LogP contribution in [0.25, 0.3) is 11.3 Å². The number of aromatic nitrogens is 5. The molecule has 138 valence electrons. The van der Waals surface area contributed by atoms with E-state index in [1.807, 2.05) is 12.1 Å². The Morgan fingerprint density at radius 1 is 1.07 bits per heavy atom. The normalized spacial score (nSPS) is 15.1. The topological polar surface area (TPSA) is 76.8 Å². The lowest BCUT2D eigenvalue weighted by molar-refractivity contribution is 0.349. The second-order valence-corrected chi connectivity index (χ2v) is 7.55. The summed E-state index contributed by atoms with van der Waals surface area (Å²) in [6, 6.07) is 5.30. The molecule has 1 fully saturated rings. The molecule has 7 nitrogen and oxygen atoms in total. The van der Waals surface area contributed by atoms with Gasteiger partial charge in [-0.1, -0.05) is 0 Å². The van der Waals surface area contributed by atoms with Crippen molar-refractivity contribution in [1.82, 2.24) is 24.5 Å². The first kappa shape index (κ1) is 17.8. The summed E-state index contributed by atoms with van der Waals surface area (Å²) in [4.78, 5) is 31.8. The van der Waals surface area contributed by atoms with Crippen molar-refractivity contribution in [3.63, 3.8) is 0 Å². The highest BCUT2D eigenvalue weighted by Gasteiger charge is 2.21. The van der Waals surface area contributed by atoms with Crippen LogP contribution in [0, 0.1) is 5.92 Å². The summed E-state index contributed by atoms with van der Waals surface area (Å²) in [7, 11) is 0. The number of pyridine rings is 1. The molecule has 4 heterocycles. The fraction of sp³-hybridized carbons (Fsp3) is 0.316. The van der Waals surface area contributed by atoms with Crippen LogP contribution in [0.15, 0.2) is 58.6 Å². The molecule has 1 aliphatic rings. The van der Waals surface area contributed by atoms with Gasteiger partial charge in [-0.15, -0.1) is 0 Å². The van der Waals surface area contributed by atoms with Gasteiger partial charge in [-0.25, -0.2) is 15.0 Å². The maximum Gasteiger partial charge on any atom is 0.253 e. The fourth-order valence-electron chi connectivity index (χ4n) is 3.31. The molecule has 0 N–H and O–H groups in total. The third-order valence-corrected chi connectivity index (χ3v) is 5.22. The molecule has 0 radical (unpaired) electrons. The lowest BCUT2D eigenvalue weighted by atomic mass is 9.97. The van der Waals surface area contributed by atoms with E-state index >= 15 is 0 Å². The van der Waals surface area contributed by atoms with Gasteiger partial charge in [0, 0.05) is 56.1 Å². The minimum Gasteiger partial charge on any atom is -0.341 e. The van der Waals surface area contributed by atoms with Gasteiger partial charge < -0.3 is 4.90 Å². The predicted molar refractivity (Wildman–Crippen MR) is 106 cm³/mol. The van der Waals surface area contributed by atoms with Crippen LogP contribution in [0.1, 0.15) is 12.8 Å². The molecule has 27 heavy (non-hydrogen) atoms.